The first kappa shape index (κ1) is 18.6. The van der Waals surface area contributed by atoms with Crippen molar-refractivity contribution >= 4 is 15.6 Å². The Morgan fingerprint density at radius 3 is 2.11 bits per heavy atom. The Morgan fingerprint density at radius 2 is 1.58 bits per heavy atom. The molecule has 0 amide bonds. The van der Waals surface area contributed by atoms with Gasteiger partial charge in [-0.15, -0.1) is 0 Å². The van der Waals surface area contributed by atoms with Crippen molar-refractivity contribution in [1.82, 2.24) is 0 Å². The van der Waals surface area contributed by atoms with Crippen LogP contribution in [0, 0.1) is 0 Å². The smallest absolute Gasteiger partial charge is 0.149 e. The Balaban J connectivity index is 3.57. The Kier molecular flexibility index (Phi) is 10.1. The van der Waals surface area contributed by atoms with E-state index in [0.29, 0.717) is 6.42 Å². The molecule has 1 unspecified atom stereocenters. The second-order valence-electron chi connectivity index (χ2n) is 5.36. The van der Waals surface area contributed by atoms with E-state index in [1.165, 1.54) is 38.4 Å². The molecule has 0 fully saturated rings. The van der Waals surface area contributed by atoms with Gasteiger partial charge in [0.05, 0.1) is 11.8 Å². The summed E-state index contributed by atoms with van der Waals surface area (Å²) in [5, 5.41) is 0. The van der Waals surface area contributed by atoms with Crippen molar-refractivity contribution < 1.29 is 13.2 Å². The molecule has 0 bridgehead atoms. The summed E-state index contributed by atoms with van der Waals surface area (Å²) in [6, 6.07) is -0.616. The van der Waals surface area contributed by atoms with Gasteiger partial charge in [-0.25, -0.2) is 8.42 Å². The highest BCUT2D eigenvalue weighted by atomic mass is 32.2. The predicted octanol–water partition coefficient (Wildman–Crippen LogP) is 2.46. The number of Topliss-reactive ketones (excluding diaryl/α,β-unsaturated/α-hetero) is 1. The van der Waals surface area contributed by atoms with E-state index in [4.69, 9.17) is 5.73 Å². The molecule has 1 atom stereocenters. The van der Waals surface area contributed by atoms with Gasteiger partial charge in [-0.2, -0.15) is 0 Å². The molecule has 0 saturated carbocycles. The van der Waals surface area contributed by atoms with Gasteiger partial charge in [0.1, 0.15) is 15.6 Å². The van der Waals surface area contributed by atoms with Gasteiger partial charge in [-0.05, 0) is 12.8 Å². The molecule has 0 aromatic carbocycles. The minimum absolute atomic E-state index is 0.00259. The molecule has 5 heteroatoms. The van der Waals surface area contributed by atoms with Crippen LogP contribution in [0.15, 0.2) is 0 Å². The van der Waals surface area contributed by atoms with Crippen molar-refractivity contribution in [3.63, 3.8) is 0 Å². The minimum Gasteiger partial charge on any atom is -0.321 e. The fourth-order valence-corrected chi connectivity index (χ4v) is 2.63. The van der Waals surface area contributed by atoms with Crippen molar-refractivity contribution in [3.05, 3.63) is 0 Å². The van der Waals surface area contributed by atoms with Crippen molar-refractivity contribution in [2.45, 2.75) is 70.8 Å². The molecule has 4 nitrogen and oxygen atoms in total. The summed E-state index contributed by atoms with van der Waals surface area (Å²) in [5.74, 6) is -0.00564. The summed E-state index contributed by atoms with van der Waals surface area (Å²) in [4.78, 5) is 11.7. The lowest BCUT2D eigenvalue weighted by Crippen LogP contribution is -2.32. The van der Waals surface area contributed by atoms with E-state index in [1.54, 1.807) is 0 Å². The van der Waals surface area contributed by atoms with E-state index in [-0.39, 0.29) is 18.0 Å². The maximum atomic E-state index is 11.7. The minimum atomic E-state index is -3.02. The molecule has 0 saturated heterocycles. The van der Waals surface area contributed by atoms with Crippen LogP contribution in [-0.2, 0) is 14.6 Å². The van der Waals surface area contributed by atoms with Gasteiger partial charge in [-0.1, -0.05) is 45.4 Å². The Labute approximate surface area is 118 Å². The number of sulfone groups is 1. The molecule has 0 spiro atoms. The van der Waals surface area contributed by atoms with E-state index in [1.807, 2.05) is 0 Å². The lowest BCUT2D eigenvalue weighted by Gasteiger charge is -2.09. The highest BCUT2D eigenvalue weighted by Crippen LogP contribution is 2.09. The van der Waals surface area contributed by atoms with Gasteiger partial charge in [-0.3, -0.25) is 4.79 Å². The zero-order valence-corrected chi connectivity index (χ0v) is 13.2. The molecule has 0 aliphatic heterocycles. The number of nitrogens with two attached hydrogens (primary N) is 1. The zero-order valence-electron chi connectivity index (χ0n) is 12.4. The third-order valence-corrected chi connectivity index (χ3v) is 4.22. The van der Waals surface area contributed by atoms with Crippen LogP contribution in [0.1, 0.15) is 64.7 Å². The first-order valence-electron chi connectivity index (χ1n) is 7.33. The maximum absolute atomic E-state index is 11.7. The maximum Gasteiger partial charge on any atom is 0.149 e. The third kappa shape index (κ3) is 12.4. The van der Waals surface area contributed by atoms with E-state index in [2.05, 4.69) is 6.92 Å². The van der Waals surface area contributed by atoms with Crippen molar-refractivity contribution in [3.8, 4) is 0 Å². The SMILES string of the molecule is CCCCCCCCCC(=O)C(N)CCS(C)(=O)=O. The summed E-state index contributed by atoms with van der Waals surface area (Å²) < 4.78 is 22.0. The van der Waals surface area contributed by atoms with E-state index in [0.717, 1.165) is 12.8 Å². The second-order valence-corrected chi connectivity index (χ2v) is 7.62. The summed E-state index contributed by atoms with van der Waals surface area (Å²) in [6.45, 7) is 2.19. The molecule has 0 radical (unpaired) electrons. The molecule has 2 N–H and O–H groups in total. The fraction of sp³-hybridized carbons (Fsp3) is 0.929. The molecule has 0 rings (SSSR count). The molecule has 0 heterocycles. The highest BCUT2D eigenvalue weighted by molar-refractivity contribution is 7.90. The van der Waals surface area contributed by atoms with Gasteiger partial charge in [0.15, 0.2) is 0 Å². The Bertz CT molecular complexity index is 339. The molecular formula is C14H29NO3S. The van der Waals surface area contributed by atoms with Gasteiger partial charge in [0.25, 0.3) is 0 Å². The molecule has 0 aliphatic rings. The van der Waals surface area contributed by atoms with Crippen LogP contribution in [0.2, 0.25) is 0 Å². The molecule has 0 aromatic rings. The molecule has 0 aliphatic carbocycles. The van der Waals surface area contributed by atoms with Gasteiger partial charge < -0.3 is 5.73 Å². The fourth-order valence-electron chi connectivity index (χ4n) is 1.94. The first-order valence-corrected chi connectivity index (χ1v) is 9.39. The van der Waals surface area contributed by atoms with Crippen LogP contribution < -0.4 is 5.73 Å². The highest BCUT2D eigenvalue weighted by Gasteiger charge is 2.15. The molecular weight excluding hydrogens is 262 g/mol. The van der Waals surface area contributed by atoms with Gasteiger partial charge in [0, 0.05) is 12.7 Å². The van der Waals surface area contributed by atoms with Crippen molar-refractivity contribution in [2.24, 2.45) is 5.73 Å². The molecule has 19 heavy (non-hydrogen) atoms. The number of hydrogen-bond donors (Lipinski definition) is 1. The lowest BCUT2D eigenvalue weighted by molar-refractivity contribution is -0.120. The number of unbranched alkanes of at least 4 members (excludes halogenated alkanes) is 6. The van der Waals surface area contributed by atoms with Gasteiger partial charge in [0.2, 0.25) is 0 Å². The van der Waals surface area contributed by atoms with E-state index in [9.17, 15) is 13.2 Å². The summed E-state index contributed by atoms with van der Waals surface area (Å²) in [7, 11) is -3.02. The summed E-state index contributed by atoms with van der Waals surface area (Å²) in [5.41, 5.74) is 5.69. The number of ketones is 1. The normalized spacial score (nSPS) is 13.4. The standard InChI is InChI=1S/C14H29NO3S/c1-3-4-5-6-7-8-9-10-14(16)13(15)11-12-19(2,17)18/h13H,3-12,15H2,1-2H3. The summed E-state index contributed by atoms with van der Waals surface area (Å²) >= 11 is 0. The largest absolute Gasteiger partial charge is 0.321 e. The van der Waals surface area contributed by atoms with Crippen molar-refractivity contribution in [2.75, 3.05) is 12.0 Å². The second kappa shape index (κ2) is 10.4. The van der Waals surface area contributed by atoms with Crippen LogP contribution in [0.3, 0.4) is 0 Å². The van der Waals surface area contributed by atoms with E-state index < -0.39 is 15.9 Å². The van der Waals surface area contributed by atoms with Crippen LogP contribution >= 0.6 is 0 Å². The Morgan fingerprint density at radius 1 is 1.05 bits per heavy atom. The van der Waals surface area contributed by atoms with Crippen molar-refractivity contribution in [1.29, 1.82) is 0 Å². The van der Waals surface area contributed by atoms with Crippen LogP contribution in [0.4, 0.5) is 0 Å². The zero-order chi connectivity index (χ0) is 14.7. The van der Waals surface area contributed by atoms with Crippen LogP contribution in [0.5, 0.6) is 0 Å². The quantitative estimate of drug-likeness (QED) is 0.560. The lowest BCUT2D eigenvalue weighted by atomic mass is 10.0. The van der Waals surface area contributed by atoms with Gasteiger partial charge >= 0.3 is 0 Å². The topological polar surface area (TPSA) is 77.2 Å². The average Bonchev–Trinajstić information content (AvgIpc) is 2.33. The number of hydrogen-bond acceptors (Lipinski definition) is 4. The number of carbonyl (C=O) groups excluding carboxylic acids is 1. The average molecular weight is 291 g/mol. The molecule has 0 aromatic heterocycles. The van der Waals surface area contributed by atoms with Crippen LogP contribution in [0.25, 0.3) is 0 Å². The number of carbonyl (C=O) groups is 1. The van der Waals surface area contributed by atoms with Crippen LogP contribution in [-0.4, -0.2) is 32.3 Å². The number of rotatable bonds is 12. The first-order chi connectivity index (χ1) is 8.87. The third-order valence-electron chi connectivity index (χ3n) is 3.24. The summed E-state index contributed by atoms with van der Waals surface area (Å²) in [6.07, 6.45) is 10.1. The monoisotopic (exact) mass is 291 g/mol. The van der Waals surface area contributed by atoms with E-state index >= 15 is 0 Å². The molecule has 114 valence electrons. The predicted molar refractivity (Wildman–Crippen MR) is 79.9 cm³/mol. The Hall–Kier alpha value is -0.420.